The predicted octanol–water partition coefficient (Wildman–Crippen LogP) is 13.7. The van der Waals surface area contributed by atoms with Crippen molar-refractivity contribution in [2.24, 2.45) is 0 Å². The number of para-hydroxylation sites is 10. The Hall–Kier alpha value is -9.02. The van der Waals surface area contributed by atoms with Gasteiger partial charge < -0.3 is 19.3 Å². The Morgan fingerprint density at radius 2 is 0.609 bits per heavy atom. The maximum Gasteiger partial charge on any atom is 0.207 e. The van der Waals surface area contributed by atoms with E-state index in [0.717, 1.165) is 101 Å². The van der Waals surface area contributed by atoms with Crippen LogP contribution in [0.25, 0.3) is 66.6 Å². The summed E-state index contributed by atoms with van der Waals surface area (Å²) < 4.78 is 17.0. The minimum Gasteiger partial charge on any atom is -0.453 e. The molecule has 12 aromatic rings. The van der Waals surface area contributed by atoms with Crippen molar-refractivity contribution in [2.75, 3.05) is 9.80 Å². The summed E-state index contributed by atoms with van der Waals surface area (Å²) in [5.74, 6) is 4.64. The molecule has 300 valence electrons. The quantitative estimate of drug-likeness (QED) is 0.173. The van der Waals surface area contributed by atoms with Crippen LogP contribution in [0.3, 0.4) is 0 Å². The van der Waals surface area contributed by atoms with Crippen LogP contribution in [0.1, 0.15) is 0 Å². The van der Waals surface area contributed by atoms with E-state index in [0.29, 0.717) is 22.9 Å². The molecule has 64 heavy (non-hydrogen) atoms. The van der Waals surface area contributed by atoms with Crippen LogP contribution in [0.4, 0.5) is 34.1 Å². The van der Waals surface area contributed by atoms with Crippen LogP contribution >= 0.6 is 0 Å². The zero-order valence-corrected chi connectivity index (χ0v) is 33.9. The smallest absolute Gasteiger partial charge is 0.207 e. The van der Waals surface area contributed by atoms with Crippen molar-refractivity contribution in [2.45, 2.75) is 0 Å². The standard InChI is InChI=1S/C54H32N8O2/c1-3-17-35-33(15-1)37(29-31-39(35)59-43-21-7-11-25-47(43)63-48-26-12-8-22-44(48)59)51-55-57-53-54-58-56-52(62(54)42-20-6-5-19-41(42)61(51)53)38-30-32-40(36-18-4-2-16-34(36)38)60-45-23-9-13-27-49(45)64-50-28-14-10-24-46(50)60/h1-32H. The second-order valence-electron chi connectivity index (χ2n) is 16.0. The number of rotatable bonds is 4. The van der Waals surface area contributed by atoms with Crippen LogP contribution in [-0.2, 0) is 0 Å². The monoisotopic (exact) mass is 824 g/mol. The van der Waals surface area contributed by atoms with Gasteiger partial charge in [-0.15, -0.1) is 20.4 Å². The van der Waals surface area contributed by atoms with Gasteiger partial charge in [-0.2, -0.15) is 0 Å². The fraction of sp³-hybridized carbons (Fsp3) is 0. The number of ether oxygens (including phenoxy) is 2. The van der Waals surface area contributed by atoms with Gasteiger partial charge in [-0.1, -0.05) is 109 Å². The predicted molar refractivity (Wildman–Crippen MR) is 252 cm³/mol. The Labute approximate surface area is 365 Å². The molecule has 0 unspecified atom stereocenters. The molecule has 0 N–H and O–H groups in total. The second kappa shape index (κ2) is 13.2. The molecule has 10 heteroatoms. The molecule has 0 saturated heterocycles. The molecule has 0 atom stereocenters. The number of hydrogen-bond donors (Lipinski definition) is 0. The molecule has 2 aliphatic rings. The molecule has 0 bridgehead atoms. The molecule has 9 aromatic carbocycles. The van der Waals surface area contributed by atoms with E-state index in [1.807, 2.05) is 72.8 Å². The lowest BCUT2D eigenvalue weighted by Gasteiger charge is -2.33. The largest absolute Gasteiger partial charge is 0.453 e. The van der Waals surface area contributed by atoms with Crippen molar-refractivity contribution in [3.63, 3.8) is 0 Å². The number of fused-ring (bicyclic) bond motifs is 12. The molecule has 0 spiro atoms. The van der Waals surface area contributed by atoms with E-state index in [9.17, 15) is 0 Å². The zero-order valence-electron chi connectivity index (χ0n) is 33.9. The Morgan fingerprint density at radius 1 is 0.281 bits per heavy atom. The number of anilines is 6. The van der Waals surface area contributed by atoms with Crippen molar-refractivity contribution in [3.05, 3.63) is 194 Å². The van der Waals surface area contributed by atoms with Gasteiger partial charge in [0.05, 0.1) is 45.2 Å². The fourth-order valence-electron chi connectivity index (χ4n) is 9.78. The van der Waals surface area contributed by atoms with E-state index in [4.69, 9.17) is 29.9 Å². The van der Waals surface area contributed by atoms with Crippen molar-refractivity contribution in [1.82, 2.24) is 29.2 Å². The second-order valence-corrected chi connectivity index (χ2v) is 16.0. The van der Waals surface area contributed by atoms with Crippen molar-refractivity contribution in [1.29, 1.82) is 0 Å². The molecule has 10 nitrogen and oxygen atoms in total. The van der Waals surface area contributed by atoms with Gasteiger partial charge in [-0.25, -0.2) is 0 Å². The third-order valence-corrected chi connectivity index (χ3v) is 12.5. The summed E-state index contributed by atoms with van der Waals surface area (Å²) in [5, 5.41) is 23.9. The summed E-state index contributed by atoms with van der Waals surface area (Å²) in [6.45, 7) is 0. The minimum absolute atomic E-state index is 0.610. The first kappa shape index (κ1) is 34.7. The first-order chi connectivity index (χ1) is 31.8. The highest BCUT2D eigenvalue weighted by Gasteiger charge is 2.30. The molecule has 0 amide bonds. The minimum atomic E-state index is 0.610. The average Bonchev–Trinajstić information content (AvgIpc) is 4.01. The van der Waals surface area contributed by atoms with Gasteiger partial charge in [0.1, 0.15) is 0 Å². The summed E-state index contributed by atoms with van der Waals surface area (Å²) in [5.41, 5.74) is 10.9. The van der Waals surface area contributed by atoms with E-state index in [2.05, 4.69) is 140 Å². The molecule has 0 aliphatic carbocycles. The highest BCUT2D eigenvalue weighted by molar-refractivity contribution is 6.09. The molecule has 3 aromatic heterocycles. The molecular weight excluding hydrogens is 793 g/mol. The summed E-state index contributed by atoms with van der Waals surface area (Å²) in [6.07, 6.45) is 0. The Balaban J connectivity index is 0.955. The maximum absolute atomic E-state index is 6.37. The Morgan fingerprint density at radius 3 is 1.00 bits per heavy atom. The number of benzene rings is 9. The highest BCUT2D eigenvalue weighted by Crippen LogP contribution is 2.54. The Bertz CT molecular complexity index is 3570. The van der Waals surface area contributed by atoms with Crippen LogP contribution in [-0.4, -0.2) is 29.2 Å². The molecule has 5 heterocycles. The van der Waals surface area contributed by atoms with Gasteiger partial charge in [-0.3, -0.25) is 8.80 Å². The normalized spacial score (nSPS) is 12.9. The third kappa shape index (κ3) is 4.84. The summed E-state index contributed by atoms with van der Waals surface area (Å²) in [6, 6.07) is 66.7. The van der Waals surface area contributed by atoms with Gasteiger partial charge in [0, 0.05) is 21.9 Å². The van der Waals surface area contributed by atoms with Gasteiger partial charge in [0.25, 0.3) is 0 Å². The summed E-state index contributed by atoms with van der Waals surface area (Å²) >= 11 is 0. The maximum atomic E-state index is 6.37. The van der Waals surface area contributed by atoms with Gasteiger partial charge in [-0.05, 0) is 95.7 Å². The van der Waals surface area contributed by atoms with Crippen molar-refractivity contribution < 1.29 is 9.47 Å². The lowest BCUT2D eigenvalue weighted by Crippen LogP contribution is -2.16. The SMILES string of the molecule is c1ccc2c(c1)Oc1ccccc1N2c1ccc(-c2nnc3c4nnc(-c5ccc(N6c7ccccc7Oc7ccccc76)c6ccccc56)n4c4ccccc4n23)c2ccccc12. The number of nitrogens with zero attached hydrogens (tertiary/aromatic N) is 8. The lowest BCUT2D eigenvalue weighted by atomic mass is 10.00. The van der Waals surface area contributed by atoms with Crippen LogP contribution in [0, 0.1) is 0 Å². The van der Waals surface area contributed by atoms with Crippen LogP contribution < -0.4 is 19.3 Å². The number of aromatic nitrogens is 6. The highest BCUT2D eigenvalue weighted by atomic mass is 16.5. The van der Waals surface area contributed by atoms with Gasteiger partial charge in [0.2, 0.25) is 11.3 Å². The van der Waals surface area contributed by atoms with E-state index >= 15 is 0 Å². The first-order valence-corrected chi connectivity index (χ1v) is 21.2. The third-order valence-electron chi connectivity index (χ3n) is 12.5. The number of hydrogen-bond acceptors (Lipinski definition) is 8. The van der Waals surface area contributed by atoms with Crippen LogP contribution in [0.15, 0.2) is 194 Å². The van der Waals surface area contributed by atoms with Crippen LogP contribution in [0.2, 0.25) is 0 Å². The average molecular weight is 825 g/mol. The summed E-state index contributed by atoms with van der Waals surface area (Å²) in [4.78, 5) is 4.57. The molecule has 2 aliphatic heterocycles. The van der Waals surface area contributed by atoms with Crippen LogP contribution in [0.5, 0.6) is 23.0 Å². The van der Waals surface area contributed by atoms with E-state index in [-0.39, 0.29) is 0 Å². The van der Waals surface area contributed by atoms with E-state index in [1.165, 1.54) is 0 Å². The zero-order chi connectivity index (χ0) is 41.9. The molecular formula is C54H32N8O2. The Kier molecular flexibility index (Phi) is 7.17. The topological polar surface area (TPSA) is 85.3 Å². The first-order valence-electron chi connectivity index (χ1n) is 21.2. The summed E-state index contributed by atoms with van der Waals surface area (Å²) in [7, 11) is 0. The fourth-order valence-corrected chi connectivity index (χ4v) is 9.78. The van der Waals surface area contributed by atoms with Crippen molar-refractivity contribution in [3.8, 4) is 45.8 Å². The molecule has 0 saturated carbocycles. The van der Waals surface area contributed by atoms with Crippen molar-refractivity contribution >= 4 is 78.0 Å². The molecule has 0 radical (unpaired) electrons. The molecule has 0 fully saturated rings. The van der Waals surface area contributed by atoms with E-state index < -0.39 is 0 Å². The molecule has 14 rings (SSSR count). The van der Waals surface area contributed by atoms with Gasteiger partial charge in [0.15, 0.2) is 34.6 Å². The van der Waals surface area contributed by atoms with Gasteiger partial charge >= 0.3 is 0 Å². The lowest BCUT2D eigenvalue weighted by molar-refractivity contribution is 0.477. The van der Waals surface area contributed by atoms with E-state index in [1.54, 1.807) is 0 Å².